The van der Waals surface area contributed by atoms with E-state index >= 15 is 0 Å². The van der Waals surface area contributed by atoms with Crippen LogP contribution in [0.4, 0.5) is 5.69 Å². The van der Waals surface area contributed by atoms with Crippen LogP contribution in [0.3, 0.4) is 0 Å². The van der Waals surface area contributed by atoms with E-state index in [9.17, 15) is 14.4 Å². The van der Waals surface area contributed by atoms with Crippen molar-refractivity contribution >= 4 is 29.1 Å². The maximum atomic E-state index is 14.1. The molecule has 0 aromatic heterocycles. The number of hydrogen-bond donors (Lipinski definition) is 2. The van der Waals surface area contributed by atoms with Crippen molar-refractivity contribution in [1.29, 1.82) is 0 Å². The van der Waals surface area contributed by atoms with Gasteiger partial charge in [0.1, 0.15) is 0 Å². The summed E-state index contributed by atoms with van der Waals surface area (Å²) >= 11 is 0. The lowest BCUT2D eigenvalue weighted by molar-refractivity contribution is -0.136. The molecule has 3 unspecified atom stereocenters. The molecule has 1 aliphatic carbocycles. The third-order valence-corrected chi connectivity index (χ3v) is 7.77. The van der Waals surface area contributed by atoms with Gasteiger partial charge >= 0.3 is 0 Å². The van der Waals surface area contributed by atoms with Gasteiger partial charge in [0, 0.05) is 29.5 Å². The van der Waals surface area contributed by atoms with Gasteiger partial charge in [0.15, 0.2) is 0 Å². The minimum absolute atomic E-state index is 0.178. The lowest BCUT2D eigenvalue weighted by Gasteiger charge is -2.29. The first-order valence-electron chi connectivity index (χ1n) is 14.4. The molecular formula is C32H42N4O3. The van der Waals surface area contributed by atoms with Gasteiger partial charge in [-0.15, -0.1) is 0 Å². The Hall–Kier alpha value is -3.48. The number of unbranched alkanes of at least 4 members (excludes halogenated alkanes) is 1. The highest BCUT2D eigenvalue weighted by molar-refractivity contribution is 6.20. The molecule has 2 aromatic rings. The van der Waals surface area contributed by atoms with Gasteiger partial charge in [-0.1, -0.05) is 95.0 Å². The van der Waals surface area contributed by atoms with Crippen molar-refractivity contribution in [2.24, 2.45) is 34.4 Å². The minimum atomic E-state index is -1.10. The number of para-hydroxylation sites is 1. The molecule has 2 aliphatic rings. The molecule has 7 nitrogen and oxygen atoms in total. The molecule has 208 valence electrons. The van der Waals surface area contributed by atoms with Crippen molar-refractivity contribution in [3.05, 3.63) is 65.7 Å². The summed E-state index contributed by atoms with van der Waals surface area (Å²) in [6.07, 6.45) is 4.96. The van der Waals surface area contributed by atoms with Crippen LogP contribution in [0, 0.1) is 23.7 Å². The molecule has 1 heterocycles. The van der Waals surface area contributed by atoms with E-state index in [1.165, 1.54) is 12.8 Å². The number of benzodiazepines with no additional fused rings is 1. The Morgan fingerprint density at radius 3 is 2.38 bits per heavy atom. The van der Waals surface area contributed by atoms with E-state index in [1.807, 2.05) is 75.4 Å². The molecule has 1 fully saturated rings. The van der Waals surface area contributed by atoms with Crippen molar-refractivity contribution in [2.75, 3.05) is 11.4 Å². The number of hydrogen-bond acceptors (Lipinski definition) is 4. The number of nitrogens with one attached hydrogen (secondary N) is 1. The van der Waals surface area contributed by atoms with Crippen LogP contribution in [0.25, 0.3) is 0 Å². The summed E-state index contributed by atoms with van der Waals surface area (Å²) in [6.45, 7) is 6.67. The van der Waals surface area contributed by atoms with E-state index in [2.05, 4.69) is 5.32 Å². The van der Waals surface area contributed by atoms with Gasteiger partial charge in [0.05, 0.1) is 11.4 Å². The van der Waals surface area contributed by atoms with E-state index < -0.39 is 23.9 Å². The first-order chi connectivity index (χ1) is 18.8. The molecule has 4 rings (SSSR count). The first kappa shape index (κ1) is 28.5. The number of nitrogens with zero attached hydrogens (tertiary/aromatic N) is 2. The highest BCUT2D eigenvalue weighted by Gasteiger charge is 2.38. The normalized spacial score (nSPS) is 18.7. The monoisotopic (exact) mass is 530 g/mol. The van der Waals surface area contributed by atoms with Crippen LogP contribution >= 0.6 is 0 Å². The fraction of sp³-hybridized carbons (Fsp3) is 0.500. The summed E-state index contributed by atoms with van der Waals surface area (Å²) in [6, 6.07) is 17.6. The smallest absolute Gasteiger partial charge is 0.272 e. The Kier molecular flexibility index (Phi) is 9.54. The quantitative estimate of drug-likeness (QED) is 0.378. The third kappa shape index (κ3) is 7.14. The lowest BCUT2D eigenvalue weighted by Crippen LogP contribution is -2.51. The molecule has 0 bridgehead atoms. The zero-order valence-electron chi connectivity index (χ0n) is 23.4. The van der Waals surface area contributed by atoms with Crippen LogP contribution in [0.2, 0.25) is 0 Å². The fourth-order valence-corrected chi connectivity index (χ4v) is 5.47. The Balaban J connectivity index is 1.72. The molecule has 3 amide bonds. The summed E-state index contributed by atoms with van der Waals surface area (Å²) in [7, 11) is 0. The van der Waals surface area contributed by atoms with Gasteiger partial charge in [-0.3, -0.25) is 14.4 Å². The number of benzene rings is 2. The van der Waals surface area contributed by atoms with Crippen LogP contribution in [0.1, 0.15) is 76.8 Å². The SMILES string of the molecule is CCCCC(C(N)=O)C(CC(C)C)C(=O)NC1N=C(c2ccccc2)c2ccccc2N(CCC2CC2)C1=O. The van der Waals surface area contributed by atoms with Gasteiger partial charge in [-0.25, -0.2) is 4.99 Å². The molecule has 1 aliphatic heterocycles. The van der Waals surface area contributed by atoms with Crippen LogP contribution in [-0.2, 0) is 14.4 Å². The molecule has 0 radical (unpaired) electrons. The Labute approximate surface area is 232 Å². The summed E-state index contributed by atoms with van der Waals surface area (Å²) in [5.41, 5.74) is 9.01. The van der Waals surface area contributed by atoms with Crippen molar-refractivity contribution in [3.8, 4) is 0 Å². The number of fused-ring (bicyclic) bond motifs is 1. The molecule has 0 spiro atoms. The number of amides is 3. The van der Waals surface area contributed by atoms with Crippen molar-refractivity contribution in [1.82, 2.24) is 5.32 Å². The van der Waals surface area contributed by atoms with E-state index in [1.54, 1.807) is 4.90 Å². The molecule has 7 heteroatoms. The van der Waals surface area contributed by atoms with Crippen molar-refractivity contribution in [2.45, 2.75) is 71.9 Å². The van der Waals surface area contributed by atoms with Crippen LogP contribution in [-0.4, -0.2) is 36.1 Å². The van der Waals surface area contributed by atoms with Crippen LogP contribution < -0.4 is 16.0 Å². The number of rotatable bonds is 13. The highest BCUT2D eigenvalue weighted by atomic mass is 16.2. The molecule has 1 saturated carbocycles. The lowest BCUT2D eigenvalue weighted by atomic mass is 9.81. The fourth-order valence-electron chi connectivity index (χ4n) is 5.47. The minimum Gasteiger partial charge on any atom is -0.369 e. The van der Waals surface area contributed by atoms with Crippen LogP contribution in [0.15, 0.2) is 59.6 Å². The standard InChI is InChI=1S/C32H42N4O3/c1-4-5-13-24(29(33)37)26(20-21(2)3)31(38)35-30-32(39)36(19-18-22-16-17-22)27-15-10-9-14-25(27)28(34-30)23-11-7-6-8-12-23/h6-12,14-15,21-22,24,26,30H,4-5,13,16-20H2,1-3H3,(H2,33,37)(H,35,38). The number of aliphatic imine (C=N–C) groups is 1. The van der Waals surface area contributed by atoms with Crippen LogP contribution in [0.5, 0.6) is 0 Å². The van der Waals surface area contributed by atoms with Crippen molar-refractivity contribution in [3.63, 3.8) is 0 Å². The van der Waals surface area contributed by atoms with Gasteiger partial charge < -0.3 is 16.0 Å². The number of carbonyl (C=O) groups excluding carboxylic acids is 3. The van der Waals surface area contributed by atoms with E-state index in [0.717, 1.165) is 36.1 Å². The summed E-state index contributed by atoms with van der Waals surface area (Å²) in [5, 5.41) is 2.97. The topological polar surface area (TPSA) is 105 Å². The van der Waals surface area contributed by atoms with Gasteiger partial charge in [0.25, 0.3) is 5.91 Å². The average Bonchev–Trinajstić information content (AvgIpc) is 3.76. The van der Waals surface area contributed by atoms with Gasteiger partial charge in [-0.05, 0) is 37.2 Å². The molecule has 2 aromatic carbocycles. The molecular weight excluding hydrogens is 488 g/mol. The zero-order chi connectivity index (χ0) is 27.9. The van der Waals surface area contributed by atoms with E-state index in [4.69, 9.17) is 10.7 Å². The third-order valence-electron chi connectivity index (χ3n) is 7.77. The Morgan fingerprint density at radius 2 is 1.74 bits per heavy atom. The molecule has 0 saturated heterocycles. The molecule has 3 atom stereocenters. The average molecular weight is 531 g/mol. The summed E-state index contributed by atoms with van der Waals surface area (Å²) in [5.74, 6) is -1.46. The second-order valence-electron chi connectivity index (χ2n) is 11.4. The predicted octanol–water partition coefficient (Wildman–Crippen LogP) is 5.07. The number of nitrogens with two attached hydrogens (primary N) is 1. The van der Waals surface area contributed by atoms with E-state index in [0.29, 0.717) is 31.0 Å². The molecule has 3 N–H and O–H groups in total. The Morgan fingerprint density at radius 1 is 1.05 bits per heavy atom. The van der Waals surface area contributed by atoms with E-state index in [-0.39, 0.29) is 17.7 Å². The zero-order valence-corrected chi connectivity index (χ0v) is 23.4. The molecule has 39 heavy (non-hydrogen) atoms. The largest absolute Gasteiger partial charge is 0.369 e. The summed E-state index contributed by atoms with van der Waals surface area (Å²) < 4.78 is 0. The number of anilines is 1. The maximum absolute atomic E-state index is 14.1. The van der Waals surface area contributed by atoms with Gasteiger partial charge in [0.2, 0.25) is 18.0 Å². The predicted molar refractivity (Wildman–Crippen MR) is 155 cm³/mol. The number of primary amides is 1. The maximum Gasteiger partial charge on any atom is 0.272 e. The highest BCUT2D eigenvalue weighted by Crippen LogP contribution is 2.35. The van der Waals surface area contributed by atoms with Crippen molar-refractivity contribution < 1.29 is 14.4 Å². The second-order valence-corrected chi connectivity index (χ2v) is 11.4. The first-order valence-corrected chi connectivity index (χ1v) is 14.4. The second kappa shape index (κ2) is 13.0. The summed E-state index contributed by atoms with van der Waals surface area (Å²) in [4.78, 5) is 47.1. The van der Waals surface area contributed by atoms with Gasteiger partial charge in [-0.2, -0.15) is 0 Å². The Bertz CT molecular complexity index is 1190. The number of carbonyl (C=O) groups is 3.